The molecular weight excluding hydrogens is 282 g/mol. The molecule has 1 aromatic rings. The van der Waals surface area contributed by atoms with Crippen LogP contribution in [0.3, 0.4) is 0 Å². The Balaban J connectivity index is 2.03. The standard InChI is InChI=1S/C14H14ClNO2S/c1-2-9-17-13-10-11(5-6-12(13)15)18-14(19)16-7-3-4-8-16/h1,5-6,10H,3-4,7-9H2. The Hall–Kier alpha value is -1.44. The van der Waals surface area contributed by atoms with Crippen molar-refractivity contribution in [3.05, 3.63) is 23.2 Å². The van der Waals surface area contributed by atoms with Gasteiger partial charge in [0.15, 0.2) is 0 Å². The van der Waals surface area contributed by atoms with Crippen molar-refractivity contribution < 1.29 is 9.47 Å². The summed E-state index contributed by atoms with van der Waals surface area (Å²) in [6.07, 6.45) is 7.46. The van der Waals surface area contributed by atoms with Crippen LogP contribution >= 0.6 is 23.8 Å². The van der Waals surface area contributed by atoms with E-state index in [4.69, 9.17) is 39.7 Å². The zero-order valence-electron chi connectivity index (χ0n) is 10.4. The fourth-order valence-corrected chi connectivity index (χ4v) is 2.29. The van der Waals surface area contributed by atoms with Crippen molar-refractivity contribution in [1.82, 2.24) is 4.90 Å². The molecule has 3 nitrogen and oxygen atoms in total. The van der Waals surface area contributed by atoms with E-state index in [0.717, 1.165) is 25.9 Å². The van der Waals surface area contributed by atoms with Gasteiger partial charge in [0.1, 0.15) is 18.1 Å². The van der Waals surface area contributed by atoms with Crippen LogP contribution in [0.25, 0.3) is 0 Å². The van der Waals surface area contributed by atoms with Gasteiger partial charge >= 0.3 is 0 Å². The van der Waals surface area contributed by atoms with Gasteiger partial charge in [0.2, 0.25) is 0 Å². The second-order valence-electron chi connectivity index (χ2n) is 4.15. The monoisotopic (exact) mass is 295 g/mol. The minimum atomic E-state index is 0.166. The third-order valence-electron chi connectivity index (χ3n) is 2.78. The normalized spacial score (nSPS) is 14.0. The highest BCUT2D eigenvalue weighted by atomic mass is 35.5. The summed E-state index contributed by atoms with van der Waals surface area (Å²) in [6.45, 7) is 2.07. The summed E-state index contributed by atoms with van der Waals surface area (Å²) in [5, 5.41) is 0.984. The highest BCUT2D eigenvalue weighted by Gasteiger charge is 2.16. The predicted molar refractivity (Wildman–Crippen MR) is 79.8 cm³/mol. The van der Waals surface area contributed by atoms with E-state index in [9.17, 15) is 0 Å². The first kappa shape index (κ1) is 14.0. The number of hydrogen-bond donors (Lipinski definition) is 0. The van der Waals surface area contributed by atoms with Crippen molar-refractivity contribution in [2.24, 2.45) is 0 Å². The number of ether oxygens (including phenoxy) is 2. The number of thiocarbonyl (C=S) groups is 1. The van der Waals surface area contributed by atoms with Crippen LogP contribution in [-0.4, -0.2) is 29.8 Å². The average Bonchev–Trinajstić information content (AvgIpc) is 2.93. The Kier molecular flexibility index (Phi) is 4.89. The maximum Gasteiger partial charge on any atom is 0.264 e. The maximum atomic E-state index is 6.00. The number of rotatable bonds is 3. The first-order valence-corrected chi connectivity index (χ1v) is 6.82. The first-order valence-electron chi connectivity index (χ1n) is 6.03. The van der Waals surface area contributed by atoms with Crippen LogP contribution in [0.15, 0.2) is 18.2 Å². The second-order valence-corrected chi connectivity index (χ2v) is 4.90. The molecule has 0 N–H and O–H groups in total. The van der Waals surface area contributed by atoms with E-state index in [0.29, 0.717) is 21.7 Å². The van der Waals surface area contributed by atoms with E-state index >= 15 is 0 Å². The summed E-state index contributed by atoms with van der Waals surface area (Å²) >= 11 is 11.3. The first-order chi connectivity index (χ1) is 9.20. The topological polar surface area (TPSA) is 21.7 Å². The Bertz CT molecular complexity index is 507. The van der Waals surface area contributed by atoms with Gasteiger partial charge in [-0.05, 0) is 37.2 Å². The van der Waals surface area contributed by atoms with Gasteiger partial charge in [-0.2, -0.15) is 0 Å². The minimum absolute atomic E-state index is 0.166. The molecule has 19 heavy (non-hydrogen) atoms. The lowest BCUT2D eigenvalue weighted by atomic mass is 10.3. The van der Waals surface area contributed by atoms with E-state index in [1.165, 1.54) is 0 Å². The molecule has 1 fully saturated rings. The van der Waals surface area contributed by atoms with Crippen LogP contribution in [0.4, 0.5) is 0 Å². The summed E-state index contributed by atoms with van der Waals surface area (Å²) in [5.41, 5.74) is 0. The van der Waals surface area contributed by atoms with Crippen LogP contribution < -0.4 is 9.47 Å². The number of benzene rings is 1. The van der Waals surface area contributed by atoms with Crippen molar-refractivity contribution in [2.75, 3.05) is 19.7 Å². The van der Waals surface area contributed by atoms with Crippen LogP contribution in [0.5, 0.6) is 11.5 Å². The van der Waals surface area contributed by atoms with E-state index in [-0.39, 0.29) is 6.61 Å². The summed E-state index contributed by atoms with van der Waals surface area (Å²) < 4.78 is 11.0. The molecule has 5 heteroatoms. The van der Waals surface area contributed by atoms with E-state index in [1.807, 2.05) is 4.90 Å². The highest BCUT2D eigenvalue weighted by Crippen LogP contribution is 2.29. The van der Waals surface area contributed by atoms with E-state index in [2.05, 4.69) is 5.92 Å². The highest BCUT2D eigenvalue weighted by molar-refractivity contribution is 7.80. The smallest absolute Gasteiger partial charge is 0.264 e. The van der Waals surface area contributed by atoms with Gasteiger partial charge in [0.05, 0.1) is 5.02 Å². The number of halogens is 1. The van der Waals surface area contributed by atoms with Crippen LogP contribution in [0.1, 0.15) is 12.8 Å². The molecule has 0 radical (unpaired) electrons. The minimum Gasteiger partial charge on any atom is -0.479 e. The number of nitrogens with zero attached hydrogens (tertiary/aromatic N) is 1. The van der Waals surface area contributed by atoms with Gasteiger partial charge < -0.3 is 14.4 Å². The molecule has 0 spiro atoms. The van der Waals surface area contributed by atoms with Gasteiger partial charge in [0.25, 0.3) is 5.17 Å². The van der Waals surface area contributed by atoms with Crippen molar-refractivity contribution >= 4 is 29.0 Å². The molecule has 1 heterocycles. The van der Waals surface area contributed by atoms with Gasteiger partial charge in [-0.25, -0.2) is 0 Å². The Morgan fingerprint density at radius 3 is 2.84 bits per heavy atom. The molecule has 1 aliphatic heterocycles. The molecule has 100 valence electrons. The molecule has 0 amide bonds. The third-order valence-corrected chi connectivity index (χ3v) is 3.44. The molecular formula is C14H14ClNO2S. The van der Waals surface area contributed by atoms with E-state index < -0.39 is 0 Å². The molecule has 0 aromatic heterocycles. The van der Waals surface area contributed by atoms with Crippen molar-refractivity contribution in [2.45, 2.75) is 12.8 Å². The quantitative estimate of drug-likeness (QED) is 0.631. The third kappa shape index (κ3) is 3.76. The average molecular weight is 296 g/mol. The Morgan fingerprint density at radius 2 is 2.16 bits per heavy atom. The lowest BCUT2D eigenvalue weighted by molar-refractivity contribution is 0.366. The van der Waals surface area contributed by atoms with Crippen LogP contribution in [-0.2, 0) is 0 Å². The molecule has 0 bridgehead atoms. The Morgan fingerprint density at radius 1 is 1.42 bits per heavy atom. The fraction of sp³-hybridized carbons (Fsp3) is 0.357. The molecule has 1 aliphatic rings. The molecule has 0 saturated carbocycles. The largest absolute Gasteiger partial charge is 0.479 e. The van der Waals surface area contributed by atoms with Gasteiger partial charge in [-0.1, -0.05) is 17.5 Å². The van der Waals surface area contributed by atoms with Gasteiger partial charge in [0, 0.05) is 19.2 Å². The van der Waals surface area contributed by atoms with Gasteiger partial charge in [-0.15, -0.1) is 6.42 Å². The van der Waals surface area contributed by atoms with Crippen LogP contribution in [0.2, 0.25) is 5.02 Å². The van der Waals surface area contributed by atoms with E-state index in [1.54, 1.807) is 18.2 Å². The predicted octanol–water partition coefficient (Wildman–Crippen LogP) is 3.11. The lowest BCUT2D eigenvalue weighted by Gasteiger charge is -2.18. The van der Waals surface area contributed by atoms with Crippen LogP contribution in [0, 0.1) is 12.3 Å². The SMILES string of the molecule is C#CCOc1cc(OC(=S)N2CCCC2)ccc1Cl. The summed E-state index contributed by atoms with van der Waals surface area (Å²) in [6, 6.07) is 5.16. The molecule has 1 aromatic carbocycles. The summed E-state index contributed by atoms with van der Waals surface area (Å²) in [5.74, 6) is 3.50. The maximum absolute atomic E-state index is 6.00. The fourth-order valence-electron chi connectivity index (χ4n) is 1.84. The van der Waals surface area contributed by atoms with Crippen molar-refractivity contribution in [3.8, 4) is 23.8 Å². The second kappa shape index (κ2) is 6.65. The molecule has 0 atom stereocenters. The lowest BCUT2D eigenvalue weighted by Crippen LogP contribution is -2.30. The van der Waals surface area contributed by atoms with Crippen molar-refractivity contribution in [1.29, 1.82) is 0 Å². The number of terminal acetylenes is 1. The Labute approximate surface area is 123 Å². The zero-order chi connectivity index (χ0) is 13.7. The molecule has 1 saturated heterocycles. The van der Waals surface area contributed by atoms with Crippen molar-refractivity contribution in [3.63, 3.8) is 0 Å². The summed E-state index contributed by atoms with van der Waals surface area (Å²) in [4.78, 5) is 2.05. The number of hydrogen-bond acceptors (Lipinski definition) is 3. The molecule has 0 unspecified atom stereocenters. The zero-order valence-corrected chi connectivity index (χ0v) is 12.0. The summed E-state index contributed by atoms with van der Waals surface area (Å²) in [7, 11) is 0. The molecule has 0 aliphatic carbocycles. The van der Waals surface area contributed by atoms with Gasteiger partial charge in [-0.3, -0.25) is 0 Å². The number of likely N-dealkylation sites (tertiary alicyclic amines) is 1. The molecule has 2 rings (SSSR count).